The molecule has 0 rings (SSSR count). The molecule has 0 aromatic heterocycles. The maximum atomic E-state index is 11.9. The summed E-state index contributed by atoms with van der Waals surface area (Å²) in [7, 11) is 0. The van der Waals surface area contributed by atoms with Gasteiger partial charge in [-0.2, -0.15) is 0 Å². The molecule has 0 bridgehead atoms. The van der Waals surface area contributed by atoms with Gasteiger partial charge >= 0.3 is 0 Å². The van der Waals surface area contributed by atoms with E-state index in [9.17, 15) is 4.79 Å². The highest BCUT2D eigenvalue weighted by molar-refractivity contribution is 5.78. The third kappa shape index (κ3) is 21.5. The molecule has 26 heavy (non-hydrogen) atoms. The van der Waals surface area contributed by atoms with Gasteiger partial charge in [0, 0.05) is 12.8 Å². The van der Waals surface area contributed by atoms with Crippen molar-refractivity contribution < 1.29 is 4.79 Å². The van der Waals surface area contributed by atoms with Crippen molar-refractivity contribution in [3.8, 4) is 0 Å². The van der Waals surface area contributed by atoms with E-state index in [4.69, 9.17) is 0 Å². The van der Waals surface area contributed by atoms with Crippen molar-refractivity contribution in [2.45, 2.75) is 142 Å². The van der Waals surface area contributed by atoms with Crippen molar-refractivity contribution in [2.24, 2.45) is 0 Å². The fourth-order valence-corrected chi connectivity index (χ4v) is 3.61. The molecule has 0 aliphatic rings. The van der Waals surface area contributed by atoms with Crippen molar-refractivity contribution in [2.75, 3.05) is 0 Å². The molecule has 154 valence electrons. The zero-order chi connectivity index (χ0) is 19.1. The van der Waals surface area contributed by atoms with Crippen molar-refractivity contribution in [1.29, 1.82) is 0 Å². The molecule has 0 saturated heterocycles. The lowest BCUT2D eigenvalue weighted by atomic mass is 10.0. The largest absolute Gasteiger partial charge is 0.300 e. The van der Waals surface area contributed by atoms with E-state index in [1.165, 1.54) is 103 Å². The van der Waals surface area contributed by atoms with Gasteiger partial charge in [0.2, 0.25) is 0 Å². The third-order valence-electron chi connectivity index (χ3n) is 5.42. The maximum Gasteiger partial charge on any atom is 0.132 e. The molecule has 0 spiro atoms. The highest BCUT2D eigenvalue weighted by Gasteiger charge is 2.02. The van der Waals surface area contributed by atoms with Gasteiger partial charge in [-0.3, -0.25) is 4.79 Å². The molecule has 0 radical (unpaired) electrons. The van der Waals surface area contributed by atoms with Crippen LogP contribution in [-0.4, -0.2) is 5.78 Å². The van der Waals surface area contributed by atoms with Gasteiger partial charge in [-0.15, -0.1) is 6.58 Å². The number of ketones is 1. The van der Waals surface area contributed by atoms with Crippen molar-refractivity contribution >= 4 is 5.78 Å². The average Bonchev–Trinajstić information content (AvgIpc) is 2.65. The number of rotatable bonds is 22. The van der Waals surface area contributed by atoms with E-state index in [1.807, 2.05) is 6.08 Å². The van der Waals surface area contributed by atoms with Crippen LogP contribution in [0.15, 0.2) is 12.7 Å². The molecule has 0 amide bonds. The monoisotopic (exact) mass is 364 g/mol. The Hall–Kier alpha value is -0.590. The summed E-state index contributed by atoms with van der Waals surface area (Å²) < 4.78 is 0. The minimum absolute atomic E-state index is 0.503. The summed E-state index contributed by atoms with van der Waals surface area (Å²) in [6.07, 6.45) is 28.7. The molecule has 1 heteroatoms. The average molecular weight is 365 g/mol. The van der Waals surface area contributed by atoms with Crippen LogP contribution in [0.2, 0.25) is 0 Å². The van der Waals surface area contributed by atoms with E-state index in [0.717, 1.165) is 32.1 Å². The summed E-state index contributed by atoms with van der Waals surface area (Å²) in [5.74, 6) is 0.503. The number of hydrogen-bond donors (Lipinski definition) is 0. The highest BCUT2D eigenvalue weighted by Crippen LogP contribution is 2.14. The van der Waals surface area contributed by atoms with E-state index in [2.05, 4.69) is 13.5 Å². The second kappa shape index (κ2) is 22.5. The molecule has 0 aromatic rings. The quantitative estimate of drug-likeness (QED) is 0.138. The minimum Gasteiger partial charge on any atom is -0.300 e. The first-order valence-corrected chi connectivity index (χ1v) is 11.9. The van der Waals surface area contributed by atoms with Gasteiger partial charge in [0.1, 0.15) is 5.78 Å². The fourth-order valence-electron chi connectivity index (χ4n) is 3.61. The SMILES string of the molecule is C=CCCCCCCCCC(=O)CCCCCCCCCCCCCC. The number of Topliss-reactive ketones (excluding diaryl/α,β-unsaturated/α-hetero) is 1. The Labute approximate surface area is 165 Å². The van der Waals surface area contributed by atoms with Crippen LogP contribution in [-0.2, 0) is 4.79 Å². The molecular weight excluding hydrogens is 316 g/mol. The molecule has 1 nitrogen and oxygen atoms in total. The Morgan fingerprint density at radius 1 is 0.577 bits per heavy atom. The van der Waals surface area contributed by atoms with Crippen molar-refractivity contribution in [1.82, 2.24) is 0 Å². The summed E-state index contributed by atoms with van der Waals surface area (Å²) in [5, 5.41) is 0. The van der Waals surface area contributed by atoms with Crippen LogP contribution < -0.4 is 0 Å². The van der Waals surface area contributed by atoms with Crippen molar-refractivity contribution in [3.63, 3.8) is 0 Å². The zero-order valence-corrected chi connectivity index (χ0v) is 18.0. The Kier molecular flexibility index (Phi) is 21.9. The topological polar surface area (TPSA) is 17.1 Å². The lowest BCUT2D eigenvalue weighted by Gasteiger charge is -2.04. The summed E-state index contributed by atoms with van der Waals surface area (Å²) in [4.78, 5) is 11.9. The van der Waals surface area contributed by atoms with E-state index in [-0.39, 0.29) is 0 Å². The zero-order valence-electron chi connectivity index (χ0n) is 18.0. The van der Waals surface area contributed by atoms with Crippen LogP contribution in [0.4, 0.5) is 0 Å². The first-order valence-electron chi connectivity index (χ1n) is 11.9. The van der Waals surface area contributed by atoms with E-state index >= 15 is 0 Å². The number of hydrogen-bond acceptors (Lipinski definition) is 1. The Balaban J connectivity index is 3.14. The van der Waals surface area contributed by atoms with Crippen LogP contribution >= 0.6 is 0 Å². The minimum atomic E-state index is 0.503. The standard InChI is InChI=1S/C25H48O/c1-3-5-7-9-11-13-14-15-16-18-20-22-24-25(26)23-21-19-17-12-10-8-6-4-2/h4H,2-3,5-24H2,1H3. The van der Waals surface area contributed by atoms with Crippen LogP contribution in [0.5, 0.6) is 0 Å². The summed E-state index contributed by atoms with van der Waals surface area (Å²) in [6, 6.07) is 0. The normalized spacial score (nSPS) is 11.0. The molecule has 0 fully saturated rings. The van der Waals surface area contributed by atoms with E-state index in [1.54, 1.807) is 0 Å². The van der Waals surface area contributed by atoms with Gasteiger partial charge in [0.15, 0.2) is 0 Å². The predicted octanol–water partition coefficient (Wildman–Crippen LogP) is 8.95. The van der Waals surface area contributed by atoms with Crippen LogP contribution in [0.25, 0.3) is 0 Å². The number of allylic oxidation sites excluding steroid dienone is 1. The van der Waals surface area contributed by atoms with E-state index < -0.39 is 0 Å². The lowest BCUT2D eigenvalue weighted by molar-refractivity contribution is -0.119. The molecule has 0 atom stereocenters. The Morgan fingerprint density at radius 2 is 0.923 bits per heavy atom. The Bertz CT molecular complexity index is 295. The van der Waals surface area contributed by atoms with Crippen LogP contribution in [0.1, 0.15) is 142 Å². The Morgan fingerprint density at radius 3 is 1.31 bits per heavy atom. The van der Waals surface area contributed by atoms with E-state index in [0.29, 0.717) is 5.78 Å². The first-order chi connectivity index (χ1) is 12.8. The van der Waals surface area contributed by atoms with Gasteiger partial charge in [0.05, 0.1) is 0 Å². The maximum absolute atomic E-state index is 11.9. The molecular formula is C25H48O. The van der Waals surface area contributed by atoms with Gasteiger partial charge in [-0.05, 0) is 25.7 Å². The summed E-state index contributed by atoms with van der Waals surface area (Å²) in [5.41, 5.74) is 0. The first kappa shape index (κ1) is 25.4. The molecule has 0 saturated carbocycles. The molecule has 0 N–H and O–H groups in total. The highest BCUT2D eigenvalue weighted by atomic mass is 16.1. The molecule has 0 unspecified atom stereocenters. The third-order valence-corrected chi connectivity index (χ3v) is 5.42. The molecule has 0 heterocycles. The van der Waals surface area contributed by atoms with Gasteiger partial charge in [-0.1, -0.05) is 109 Å². The van der Waals surface area contributed by atoms with Gasteiger partial charge < -0.3 is 0 Å². The second-order valence-corrected chi connectivity index (χ2v) is 8.13. The predicted molar refractivity (Wildman–Crippen MR) is 118 cm³/mol. The van der Waals surface area contributed by atoms with Gasteiger partial charge in [-0.25, -0.2) is 0 Å². The van der Waals surface area contributed by atoms with Crippen LogP contribution in [0.3, 0.4) is 0 Å². The second-order valence-electron chi connectivity index (χ2n) is 8.13. The number of unbranched alkanes of at least 4 members (excludes halogenated alkanes) is 17. The molecule has 0 aliphatic heterocycles. The lowest BCUT2D eigenvalue weighted by Crippen LogP contribution is -1.97. The molecule has 0 aliphatic carbocycles. The van der Waals surface area contributed by atoms with Crippen LogP contribution in [0, 0.1) is 0 Å². The smallest absolute Gasteiger partial charge is 0.132 e. The number of carbonyl (C=O) groups excluding carboxylic acids is 1. The number of carbonyl (C=O) groups is 1. The summed E-state index contributed by atoms with van der Waals surface area (Å²) >= 11 is 0. The molecule has 0 aromatic carbocycles. The fraction of sp³-hybridized carbons (Fsp3) is 0.880. The summed E-state index contributed by atoms with van der Waals surface area (Å²) in [6.45, 7) is 6.03. The van der Waals surface area contributed by atoms with Gasteiger partial charge in [0.25, 0.3) is 0 Å². The van der Waals surface area contributed by atoms with Crippen molar-refractivity contribution in [3.05, 3.63) is 12.7 Å².